The molecule has 0 aromatic rings. The fourth-order valence-electron chi connectivity index (χ4n) is 2.13. The maximum absolute atomic E-state index is 3.52. The predicted molar refractivity (Wildman–Crippen MR) is 65.8 cm³/mol. The van der Waals surface area contributed by atoms with Crippen LogP contribution in [-0.4, -0.2) is 37.1 Å². The van der Waals surface area contributed by atoms with E-state index in [0.717, 1.165) is 19.6 Å². The summed E-state index contributed by atoms with van der Waals surface area (Å²) < 4.78 is 0. The lowest BCUT2D eigenvalue weighted by Gasteiger charge is -2.34. The maximum atomic E-state index is 3.52. The highest BCUT2D eigenvalue weighted by molar-refractivity contribution is 4.99. The summed E-state index contributed by atoms with van der Waals surface area (Å²) in [5.41, 5.74) is 0. The van der Waals surface area contributed by atoms with E-state index in [0.29, 0.717) is 6.04 Å². The Hall–Kier alpha value is -0.520. The second-order valence-corrected chi connectivity index (χ2v) is 4.25. The van der Waals surface area contributed by atoms with Crippen molar-refractivity contribution < 1.29 is 0 Å². The first-order valence-corrected chi connectivity index (χ1v) is 6.22. The van der Waals surface area contributed by atoms with E-state index in [1.165, 1.54) is 32.2 Å². The first-order valence-electron chi connectivity index (χ1n) is 6.22. The van der Waals surface area contributed by atoms with Gasteiger partial charge in [-0.1, -0.05) is 19.3 Å². The number of nitrogens with one attached hydrogen (secondary N) is 1. The summed E-state index contributed by atoms with van der Waals surface area (Å²) in [4.78, 5) is 2.53. The Morgan fingerprint density at radius 3 is 3.00 bits per heavy atom. The summed E-state index contributed by atoms with van der Waals surface area (Å²) in [5.74, 6) is 6.18. The van der Waals surface area contributed by atoms with Crippen LogP contribution in [0.4, 0.5) is 0 Å². The van der Waals surface area contributed by atoms with Gasteiger partial charge in [0.15, 0.2) is 0 Å². The molecule has 1 heterocycles. The van der Waals surface area contributed by atoms with Crippen molar-refractivity contribution in [1.29, 1.82) is 0 Å². The lowest BCUT2D eigenvalue weighted by molar-refractivity contribution is 0.165. The lowest BCUT2D eigenvalue weighted by Crippen LogP contribution is -2.45. The van der Waals surface area contributed by atoms with Gasteiger partial charge < -0.3 is 5.32 Å². The molecule has 1 fully saturated rings. The van der Waals surface area contributed by atoms with Crippen molar-refractivity contribution in [1.82, 2.24) is 10.2 Å². The van der Waals surface area contributed by atoms with Crippen molar-refractivity contribution in [2.75, 3.05) is 26.2 Å². The van der Waals surface area contributed by atoms with Gasteiger partial charge in [0.1, 0.15) is 0 Å². The zero-order chi connectivity index (χ0) is 10.9. The standard InChI is InChI=1S/C13H24N2/c1-3-5-10-15-11-7-6-8-13(15)12-14-9-4-2/h13-14H,4,6-12H2,1-2H3. The molecule has 0 bridgehead atoms. The molecule has 1 saturated heterocycles. The number of piperidine rings is 1. The molecule has 1 N–H and O–H groups in total. The average molecular weight is 208 g/mol. The molecule has 1 aliphatic heterocycles. The third-order valence-electron chi connectivity index (χ3n) is 3.01. The van der Waals surface area contributed by atoms with Gasteiger partial charge in [-0.2, -0.15) is 0 Å². The minimum absolute atomic E-state index is 0.714. The van der Waals surface area contributed by atoms with Crippen LogP contribution in [0.3, 0.4) is 0 Å². The van der Waals surface area contributed by atoms with Gasteiger partial charge in [0.25, 0.3) is 0 Å². The lowest BCUT2D eigenvalue weighted by atomic mass is 10.0. The molecule has 0 radical (unpaired) electrons. The molecule has 0 amide bonds. The Morgan fingerprint density at radius 1 is 1.40 bits per heavy atom. The van der Waals surface area contributed by atoms with Crippen molar-refractivity contribution >= 4 is 0 Å². The molecule has 1 unspecified atom stereocenters. The smallest absolute Gasteiger partial charge is 0.0604 e. The molecule has 0 aliphatic carbocycles. The highest BCUT2D eigenvalue weighted by atomic mass is 15.2. The summed E-state index contributed by atoms with van der Waals surface area (Å²) in [5, 5.41) is 3.52. The molecule has 0 aromatic heterocycles. The van der Waals surface area contributed by atoms with Gasteiger partial charge in [-0.05, 0) is 39.3 Å². The fourth-order valence-corrected chi connectivity index (χ4v) is 2.13. The molecule has 1 aliphatic rings. The van der Waals surface area contributed by atoms with Crippen LogP contribution in [0.5, 0.6) is 0 Å². The van der Waals surface area contributed by atoms with Gasteiger partial charge in [0.2, 0.25) is 0 Å². The summed E-state index contributed by atoms with van der Waals surface area (Å²) >= 11 is 0. The highest BCUT2D eigenvalue weighted by Crippen LogP contribution is 2.15. The fraction of sp³-hybridized carbons (Fsp3) is 0.846. The number of likely N-dealkylation sites (tertiary alicyclic amines) is 1. The van der Waals surface area contributed by atoms with Crippen LogP contribution in [0.2, 0.25) is 0 Å². The van der Waals surface area contributed by atoms with Gasteiger partial charge in [0, 0.05) is 12.6 Å². The Balaban J connectivity index is 2.31. The van der Waals surface area contributed by atoms with Crippen LogP contribution < -0.4 is 5.32 Å². The molecule has 0 saturated carbocycles. The summed E-state index contributed by atoms with van der Waals surface area (Å²) in [6.07, 6.45) is 5.29. The Labute approximate surface area is 94.4 Å². The highest BCUT2D eigenvalue weighted by Gasteiger charge is 2.20. The molecule has 0 aromatic carbocycles. The Morgan fingerprint density at radius 2 is 2.27 bits per heavy atom. The average Bonchev–Trinajstić information content (AvgIpc) is 2.28. The molecular weight excluding hydrogens is 184 g/mol. The molecule has 86 valence electrons. The largest absolute Gasteiger partial charge is 0.315 e. The van der Waals surface area contributed by atoms with Crippen molar-refractivity contribution in [3.05, 3.63) is 0 Å². The molecule has 0 spiro atoms. The molecule has 1 rings (SSSR count). The zero-order valence-corrected chi connectivity index (χ0v) is 10.2. The van der Waals surface area contributed by atoms with E-state index in [4.69, 9.17) is 0 Å². The van der Waals surface area contributed by atoms with E-state index in [2.05, 4.69) is 29.0 Å². The van der Waals surface area contributed by atoms with Gasteiger partial charge in [-0.25, -0.2) is 0 Å². The number of hydrogen-bond acceptors (Lipinski definition) is 2. The second kappa shape index (κ2) is 7.73. The van der Waals surface area contributed by atoms with Crippen LogP contribution in [0, 0.1) is 11.8 Å². The number of hydrogen-bond donors (Lipinski definition) is 1. The van der Waals surface area contributed by atoms with Crippen LogP contribution in [0.25, 0.3) is 0 Å². The minimum atomic E-state index is 0.714. The summed E-state index contributed by atoms with van der Waals surface area (Å²) in [6, 6.07) is 0.714. The number of nitrogens with zero attached hydrogens (tertiary/aromatic N) is 1. The molecule has 2 nitrogen and oxygen atoms in total. The van der Waals surface area contributed by atoms with E-state index < -0.39 is 0 Å². The van der Waals surface area contributed by atoms with E-state index >= 15 is 0 Å². The molecular formula is C13H24N2. The SMILES string of the molecule is CC#CCN1CCCCC1CNCCC. The quantitative estimate of drug-likeness (QED) is 0.548. The van der Waals surface area contributed by atoms with Gasteiger partial charge >= 0.3 is 0 Å². The first-order chi connectivity index (χ1) is 7.38. The van der Waals surface area contributed by atoms with Gasteiger partial charge in [-0.15, -0.1) is 5.92 Å². The van der Waals surface area contributed by atoms with Crippen molar-refractivity contribution in [3.8, 4) is 11.8 Å². The third-order valence-corrected chi connectivity index (χ3v) is 3.01. The van der Waals surface area contributed by atoms with Gasteiger partial charge in [-0.3, -0.25) is 4.90 Å². The summed E-state index contributed by atoms with van der Waals surface area (Å²) in [6.45, 7) is 8.60. The number of rotatable bonds is 5. The van der Waals surface area contributed by atoms with Crippen LogP contribution >= 0.6 is 0 Å². The second-order valence-electron chi connectivity index (χ2n) is 4.25. The Bertz CT molecular complexity index is 214. The Kier molecular flexibility index (Phi) is 6.47. The summed E-state index contributed by atoms with van der Waals surface area (Å²) in [7, 11) is 0. The first kappa shape index (κ1) is 12.5. The van der Waals surface area contributed by atoms with Crippen LogP contribution in [0.15, 0.2) is 0 Å². The van der Waals surface area contributed by atoms with E-state index in [1.807, 2.05) is 6.92 Å². The predicted octanol–water partition coefficient (Wildman–Crippen LogP) is 1.86. The topological polar surface area (TPSA) is 15.3 Å². The molecule has 2 heteroatoms. The normalized spacial score (nSPS) is 22.1. The monoisotopic (exact) mass is 208 g/mol. The zero-order valence-electron chi connectivity index (χ0n) is 10.2. The van der Waals surface area contributed by atoms with E-state index in [9.17, 15) is 0 Å². The minimum Gasteiger partial charge on any atom is -0.315 e. The molecule has 1 atom stereocenters. The third kappa shape index (κ3) is 4.68. The molecule has 15 heavy (non-hydrogen) atoms. The van der Waals surface area contributed by atoms with Crippen molar-refractivity contribution in [3.63, 3.8) is 0 Å². The van der Waals surface area contributed by atoms with Crippen LogP contribution in [-0.2, 0) is 0 Å². The van der Waals surface area contributed by atoms with Gasteiger partial charge in [0.05, 0.1) is 6.54 Å². The van der Waals surface area contributed by atoms with Crippen molar-refractivity contribution in [2.24, 2.45) is 0 Å². The maximum Gasteiger partial charge on any atom is 0.0604 e. The van der Waals surface area contributed by atoms with Crippen molar-refractivity contribution in [2.45, 2.75) is 45.6 Å². The van der Waals surface area contributed by atoms with E-state index in [-0.39, 0.29) is 0 Å². The van der Waals surface area contributed by atoms with E-state index in [1.54, 1.807) is 0 Å². The van der Waals surface area contributed by atoms with Crippen LogP contribution in [0.1, 0.15) is 39.5 Å².